The third-order valence-electron chi connectivity index (χ3n) is 3.71. The van der Waals surface area contributed by atoms with Crippen LogP contribution in [0.2, 0.25) is 0 Å². The number of amides is 1. The number of ether oxygens (including phenoxy) is 1. The summed E-state index contributed by atoms with van der Waals surface area (Å²) in [5, 5.41) is 7.02. The van der Waals surface area contributed by atoms with Crippen LogP contribution < -0.4 is 10.1 Å². The van der Waals surface area contributed by atoms with Crippen molar-refractivity contribution >= 4 is 37.8 Å². The first kappa shape index (κ1) is 18.6. The van der Waals surface area contributed by atoms with Crippen molar-refractivity contribution in [1.82, 2.24) is 20.1 Å². The van der Waals surface area contributed by atoms with Crippen LogP contribution in [0.3, 0.4) is 0 Å². The summed E-state index contributed by atoms with van der Waals surface area (Å²) in [6, 6.07) is 13.2. The molecule has 0 saturated carbocycles. The number of carbonyl (C=O) groups is 1. The molecule has 26 heavy (non-hydrogen) atoms. The van der Waals surface area contributed by atoms with Crippen molar-refractivity contribution in [2.75, 3.05) is 6.61 Å². The summed E-state index contributed by atoms with van der Waals surface area (Å²) in [5.41, 5.74) is 1.90. The SMILES string of the molecule is C[C@@H](NC(=O)COc1ccc(Br)cc1Br)c1ccc(-n2cncn2)cc1. The molecule has 0 fully saturated rings. The predicted octanol–water partition coefficient (Wildman–Crippen LogP) is 4.05. The summed E-state index contributed by atoms with van der Waals surface area (Å²) in [6.07, 6.45) is 3.12. The Labute approximate surface area is 167 Å². The lowest BCUT2D eigenvalue weighted by Crippen LogP contribution is -2.31. The molecule has 3 rings (SSSR count). The second kappa shape index (κ2) is 8.46. The van der Waals surface area contributed by atoms with E-state index in [9.17, 15) is 4.79 Å². The van der Waals surface area contributed by atoms with Crippen LogP contribution in [-0.2, 0) is 4.79 Å². The summed E-state index contributed by atoms with van der Waals surface area (Å²) in [4.78, 5) is 16.1. The normalized spacial score (nSPS) is 11.8. The van der Waals surface area contributed by atoms with E-state index in [-0.39, 0.29) is 18.6 Å². The fraction of sp³-hybridized carbons (Fsp3) is 0.167. The molecule has 3 aromatic rings. The van der Waals surface area contributed by atoms with Gasteiger partial charge in [0.15, 0.2) is 6.61 Å². The average molecular weight is 480 g/mol. The zero-order valence-corrected chi connectivity index (χ0v) is 17.1. The molecule has 1 N–H and O–H groups in total. The number of aromatic nitrogens is 3. The van der Waals surface area contributed by atoms with Crippen molar-refractivity contribution in [1.29, 1.82) is 0 Å². The highest BCUT2D eigenvalue weighted by Crippen LogP contribution is 2.28. The second-order valence-corrected chi connectivity index (χ2v) is 7.35. The summed E-state index contributed by atoms with van der Waals surface area (Å²) < 4.78 is 8.96. The van der Waals surface area contributed by atoms with Gasteiger partial charge in [0.1, 0.15) is 18.4 Å². The molecule has 1 aromatic heterocycles. The highest BCUT2D eigenvalue weighted by molar-refractivity contribution is 9.11. The summed E-state index contributed by atoms with van der Waals surface area (Å²) in [7, 11) is 0. The van der Waals surface area contributed by atoms with E-state index in [1.54, 1.807) is 17.1 Å². The van der Waals surface area contributed by atoms with Gasteiger partial charge in [-0.25, -0.2) is 9.67 Å². The molecule has 1 amide bonds. The number of nitrogens with zero attached hydrogens (tertiary/aromatic N) is 3. The molecule has 0 spiro atoms. The van der Waals surface area contributed by atoms with Crippen LogP contribution >= 0.6 is 31.9 Å². The number of halogens is 2. The van der Waals surface area contributed by atoms with E-state index in [1.165, 1.54) is 6.33 Å². The van der Waals surface area contributed by atoms with Gasteiger partial charge in [0.25, 0.3) is 5.91 Å². The maximum atomic E-state index is 12.1. The van der Waals surface area contributed by atoms with Crippen molar-refractivity contribution < 1.29 is 9.53 Å². The van der Waals surface area contributed by atoms with Gasteiger partial charge < -0.3 is 10.1 Å². The zero-order chi connectivity index (χ0) is 18.5. The Morgan fingerprint density at radius 1 is 1.23 bits per heavy atom. The summed E-state index contributed by atoms with van der Waals surface area (Å²) in [5.74, 6) is 0.431. The molecule has 0 unspecified atom stereocenters. The quantitative estimate of drug-likeness (QED) is 0.579. The number of rotatable bonds is 6. The van der Waals surface area contributed by atoms with E-state index in [1.807, 2.05) is 43.3 Å². The van der Waals surface area contributed by atoms with Crippen LogP contribution in [0.4, 0.5) is 0 Å². The van der Waals surface area contributed by atoms with E-state index in [4.69, 9.17) is 4.74 Å². The molecule has 0 aliphatic rings. The van der Waals surface area contributed by atoms with Gasteiger partial charge in [-0.1, -0.05) is 28.1 Å². The van der Waals surface area contributed by atoms with Crippen LogP contribution in [0.5, 0.6) is 5.75 Å². The van der Waals surface area contributed by atoms with Gasteiger partial charge in [0.05, 0.1) is 16.2 Å². The molecule has 134 valence electrons. The Morgan fingerprint density at radius 3 is 2.65 bits per heavy atom. The maximum Gasteiger partial charge on any atom is 0.258 e. The first-order valence-corrected chi connectivity index (χ1v) is 9.43. The fourth-order valence-electron chi connectivity index (χ4n) is 2.36. The molecule has 1 atom stereocenters. The molecule has 6 nitrogen and oxygen atoms in total. The molecule has 1 heterocycles. The summed E-state index contributed by atoms with van der Waals surface area (Å²) >= 11 is 6.79. The summed E-state index contributed by atoms with van der Waals surface area (Å²) in [6.45, 7) is 1.87. The van der Waals surface area contributed by atoms with Crippen LogP contribution in [-0.4, -0.2) is 27.3 Å². The third-order valence-corrected chi connectivity index (χ3v) is 4.82. The molecule has 0 aliphatic carbocycles. The van der Waals surface area contributed by atoms with Crippen molar-refractivity contribution in [3.8, 4) is 11.4 Å². The van der Waals surface area contributed by atoms with Gasteiger partial charge in [0.2, 0.25) is 0 Å². The van der Waals surface area contributed by atoms with E-state index in [0.29, 0.717) is 5.75 Å². The van der Waals surface area contributed by atoms with Gasteiger partial charge in [-0.2, -0.15) is 5.10 Å². The number of hydrogen-bond acceptors (Lipinski definition) is 4. The second-order valence-electron chi connectivity index (χ2n) is 5.58. The topological polar surface area (TPSA) is 69.0 Å². The maximum absolute atomic E-state index is 12.1. The van der Waals surface area contributed by atoms with Crippen LogP contribution in [0.1, 0.15) is 18.5 Å². The van der Waals surface area contributed by atoms with E-state index in [0.717, 1.165) is 20.2 Å². The standard InChI is InChI=1S/C18H16Br2N4O2/c1-12(13-2-5-15(6-3-13)24-11-21-10-22-24)23-18(25)9-26-17-7-4-14(19)8-16(17)20/h2-8,10-12H,9H2,1H3,(H,23,25)/t12-/m1/s1. The largest absolute Gasteiger partial charge is 0.483 e. The van der Waals surface area contributed by atoms with Crippen molar-refractivity contribution in [3.05, 3.63) is 69.6 Å². The highest BCUT2D eigenvalue weighted by atomic mass is 79.9. The number of hydrogen-bond donors (Lipinski definition) is 1. The first-order valence-electron chi connectivity index (χ1n) is 7.85. The Hall–Kier alpha value is -2.19. The average Bonchev–Trinajstić information content (AvgIpc) is 3.16. The van der Waals surface area contributed by atoms with Crippen LogP contribution in [0.15, 0.2) is 64.1 Å². The van der Waals surface area contributed by atoms with Crippen LogP contribution in [0, 0.1) is 0 Å². The lowest BCUT2D eigenvalue weighted by atomic mass is 10.1. The molecule has 8 heteroatoms. The van der Waals surface area contributed by atoms with Crippen molar-refractivity contribution in [2.45, 2.75) is 13.0 Å². The van der Waals surface area contributed by atoms with Gasteiger partial charge >= 0.3 is 0 Å². The lowest BCUT2D eigenvalue weighted by molar-refractivity contribution is -0.123. The molecule has 0 radical (unpaired) electrons. The highest BCUT2D eigenvalue weighted by Gasteiger charge is 2.11. The molecular formula is C18H16Br2N4O2. The molecule has 0 aliphatic heterocycles. The van der Waals surface area contributed by atoms with Crippen molar-refractivity contribution in [2.24, 2.45) is 0 Å². The zero-order valence-electron chi connectivity index (χ0n) is 13.9. The van der Waals surface area contributed by atoms with E-state index in [2.05, 4.69) is 47.3 Å². The smallest absolute Gasteiger partial charge is 0.258 e. The van der Waals surface area contributed by atoms with Gasteiger partial charge in [-0.15, -0.1) is 0 Å². The Morgan fingerprint density at radius 2 is 2.00 bits per heavy atom. The molecule has 2 aromatic carbocycles. The number of carbonyl (C=O) groups excluding carboxylic acids is 1. The molecular weight excluding hydrogens is 464 g/mol. The third kappa shape index (κ3) is 4.70. The van der Waals surface area contributed by atoms with Crippen molar-refractivity contribution in [3.63, 3.8) is 0 Å². The van der Waals surface area contributed by atoms with Gasteiger partial charge in [0, 0.05) is 4.47 Å². The predicted molar refractivity (Wildman–Crippen MR) is 105 cm³/mol. The number of benzene rings is 2. The minimum Gasteiger partial charge on any atom is -0.483 e. The number of nitrogens with one attached hydrogen (secondary N) is 1. The Balaban J connectivity index is 1.55. The van der Waals surface area contributed by atoms with Gasteiger partial charge in [-0.3, -0.25) is 4.79 Å². The van der Waals surface area contributed by atoms with Gasteiger partial charge in [-0.05, 0) is 58.7 Å². The minimum atomic E-state index is -0.187. The Kier molecular flexibility index (Phi) is 6.05. The molecule has 0 saturated heterocycles. The van der Waals surface area contributed by atoms with E-state index < -0.39 is 0 Å². The monoisotopic (exact) mass is 478 g/mol. The minimum absolute atomic E-state index is 0.0540. The van der Waals surface area contributed by atoms with Crippen LogP contribution in [0.25, 0.3) is 5.69 Å². The first-order chi connectivity index (χ1) is 12.5. The Bertz CT molecular complexity index is 883. The van der Waals surface area contributed by atoms with E-state index >= 15 is 0 Å². The fourth-order valence-corrected chi connectivity index (χ4v) is 3.52. The molecule has 0 bridgehead atoms. The lowest BCUT2D eigenvalue weighted by Gasteiger charge is -2.15.